The van der Waals surface area contributed by atoms with Gasteiger partial charge in [-0.15, -0.1) is 0 Å². The van der Waals surface area contributed by atoms with Gasteiger partial charge < -0.3 is 5.32 Å². The van der Waals surface area contributed by atoms with Gasteiger partial charge in [0, 0.05) is 12.0 Å². The summed E-state index contributed by atoms with van der Waals surface area (Å²) >= 11 is 0. The molecule has 4 saturated carbocycles. The number of aromatic amines is 1. The van der Waals surface area contributed by atoms with Gasteiger partial charge in [0.15, 0.2) is 0 Å². The number of carbonyl (C=O) groups excluding carboxylic acids is 1. The summed E-state index contributed by atoms with van der Waals surface area (Å²) in [5, 5.41) is 9.83. The minimum Gasteiger partial charge on any atom is -0.311 e. The summed E-state index contributed by atoms with van der Waals surface area (Å²) in [5.74, 6) is 3.65. The molecule has 0 aromatic carbocycles. The summed E-state index contributed by atoms with van der Waals surface area (Å²) in [6.07, 6.45) is 10.6. The van der Waals surface area contributed by atoms with Crippen molar-refractivity contribution in [1.82, 2.24) is 10.2 Å². The number of hydrogen-bond donors (Lipinski definition) is 2. The molecule has 0 aliphatic heterocycles. The van der Waals surface area contributed by atoms with E-state index >= 15 is 0 Å². The second-order valence-electron chi connectivity index (χ2n) is 7.57. The van der Waals surface area contributed by atoms with Crippen LogP contribution in [-0.4, -0.2) is 16.1 Å². The van der Waals surface area contributed by atoms with Crippen molar-refractivity contribution >= 4 is 11.7 Å². The van der Waals surface area contributed by atoms with Crippen LogP contribution in [0.4, 0.5) is 5.82 Å². The zero-order valence-electron chi connectivity index (χ0n) is 12.1. The van der Waals surface area contributed by atoms with Crippen LogP contribution in [0.15, 0.2) is 6.20 Å². The Bertz CT molecular complexity index is 498. The lowest BCUT2D eigenvalue weighted by molar-refractivity contribution is -0.124. The first-order valence-electron chi connectivity index (χ1n) is 7.92. The number of carbonyl (C=O) groups is 1. The van der Waals surface area contributed by atoms with Crippen LogP contribution < -0.4 is 5.32 Å². The molecule has 4 fully saturated rings. The maximum atomic E-state index is 12.4. The van der Waals surface area contributed by atoms with Crippen LogP contribution in [0.3, 0.4) is 0 Å². The Morgan fingerprint density at radius 2 is 1.90 bits per heavy atom. The molecule has 0 unspecified atom stereocenters. The van der Waals surface area contributed by atoms with Crippen molar-refractivity contribution in [3.05, 3.63) is 11.8 Å². The van der Waals surface area contributed by atoms with E-state index in [0.29, 0.717) is 11.8 Å². The molecule has 20 heavy (non-hydrogen) atoms. The number of nitrogens with one attached hydrogen (secondary N) is 2. The molecule has 1 amide bonds. The SMILES string of the molecule is Cc1cn[nH]c1NC(=O)CC12CC3CC(CC(C3)C1)C2. The Hall–Kier alpha value is -1.32. The van der Waals surface area contributed by atoms with Crippen LogP contribution >= 0.6 is 0 Å². The topological polar surface area (TPSA) is 57.8 Å². The summed E-state index contributed by atoms with van der Waals surface area (Å²) in [6, 6.07) is 0. The largest absolute Gasteiger partial charge is 0.311 e. The molecular weight excluding hydrogens is 250 g/mol. The van der Waals surface area contributed by atoms with E-state index in [4.69, 9.17) is 0 Å². The molecule has 0 radical (unpaired) electrons. The first-order chi connectivity index (χ1) is 9.62. The lowest BCUT2D eigenvalue weighted by Gasteiger charge is -2.56. The molecule has 1 aromatic heterocycles. The Morgan fingerprint density at radius 1 is 1.30 bits per heavy atom. The predicted molar refractivity (Wildman–Crippen MR) is 77.2 cm³/mol. The Kier molecular flexibility index (Phi) is 2.69. The number of amides is 1. The molecule has 1 aromatic rings. The van der Waals surface area contributed by atoms with Crippen LogP contribution in [-0.2, 0) is 4.79 Å². The Labute approximate surface area is 119 Å². The molecule has 0 saturated heterocycles. The van der Waals surface area contributed by atoms with E-state index in [1.165, 1.54) is 38.5 Å². The van der Waals surface area contributed by atoms with Crippen LogP contribution in [0.5, 0.6) is 0 Å². The molecular formula is C16H23N3O. The van der Waals surface area contributed by atoms with Gasteiger partial charge in [0.05, 0.1) is 6.20 Å². The zero-order chi connectivity index (χ0) is 13.7. The first-order valence-corrected chi connectivity index (χ1v) is 7.92. The van der Waals surface area contributed by atoms with E-state index < -0.39 is 0 Å². The third-order valence-electron chi connectivity index (χ3n) is 5.79. The van der Waals surface area contributed by atoms with E-state index in [9.17, 15) is 4.79 Å². The zero-order valence-corrected chi connectivity index (χ0v) is 12.1. The van der Waals surface area contributed by atoms with Crippen molar-refractivity contribution in [2.45, 2.75) is 51.9 Å². The van der Waals surface area contributed by atoms with E-state index in [0.717, 1.165) is 29.1 Å². The van der Waals surface area contributed by atoms with Crippen molar-refractivity contribution < 1.29 is 4.79 Å². The molecule has 2 N–H and O–H groups in total. The average molecular weight is 273 g/mol. The standard InChI is InChI=1S/C16H23N3O/c1-10-9-17-19-15(10)18-14(20)8-16-5-11-2-12(6-16)4-13(3-11)7-16/h9,11-13H,2-8H2,1H3,(H2,17,18,19,20). The van der Waals surface area contributed by atoms with Crippen LogP contribution in [0.25, 0.3) is 0 Å². The van der Waals surface area contributed by atoms with Crippen molar-refractivity contribution in [1.29, 1.82) is 0 Å². The van der Waals surface area contributed by atoms with Gasteiger partial charge in [-0.3, -0.25) is 9.89 Å². The summed E-state index contributed by atoms with van der Waals surface area (Å²) in [5.41, 5.74) is 1.32. The van der Waals surface area contributed by atoms with Gasteiger partial charge in [-0.05, 0) is 68.6 Å². The van der Waals surface area contributed by atoms with Gasteiger partial charge in [-0.2, -0.15) is 5.10 Å². The second-order valence-corrected chi connectivity index (χ2v) is 7.57. The van der Waals surface area contributed by atoms with Crippen LogP contribution in [0, 0.1) is 30.1 Å². The van der Waals surface area contributed by atoms with E-state index in [1.807, 2.05) is 6.92 Å². The molecule has 4 heteroatoms. The number of rotatable bonds is 3. The van der Waals surface area contributed by atoms with E-state index in [-0.39, 0.29) is 5.91 Å². The van der Waals surface area contributed by atoms with E-state index in [1.54, 1.807) is 6.20 Å². The summed E-state index contributed by atoms with van der Waals surface area (Å²) in [4.78, 5) is 12.4. The number of anilines is 1. The minimum absolute atomic E-state index is 0.166. The number of aromatic nitrogens is 2. The second kappa shape index (κ2) is 4.34. The van der Waals surface area contributed by atoms with Crippen LogP contribution in [0.1, 0.15) is 50.5 Å². The molecule has 4 aliphatic rings. The van der Waals surface area contributed by atoms with Gasteiger partial charge in [0.1, 0.15) is 5.82 Å². The summed E-state index contributed by atoms with van der Waals surface area (Å²) < 4.78 is 0. The van der Waals surface area contributed by atoms with Gasteiger partial charge in [-0.25, -0.2) is 0 Å². The maximum Gasteiger partial charge on any atom is 0.226 e. The minimum atomic E-state index is 0.166. The fourth-order valence-electron chi connectivity index (χ4n) is 5.50. The highest BCUT2D eigenvalue weighted by Gasteiger charge is 2.51. The molecule has 0 spiro atoms. The molecule has 1 heterocycles. The fourth-order valence-corrected chi connectivity index (χ4v) is 5.50. The lowest BCUT2D eigenvalue weighted by atomic mass is 9.49. The summed E-state index contributed by atoms with van der Waals surface area (Å²) in [6.45, 7) is 1.96. The highest BCUT2D eigenvalue weighted by Crippen LogP contribution is 2.61. The fraction of sp³-hybridized carbons (Fsp3) is 0.750. The normalized spacial score (nSPS) is 38.1. The lowest BCUT2D eigenvalue weighted by Crippen LogP contribution is -2.47. The third kappa shape index (κ3) is 2.05. The van der Waals surface area contributed by atoms with Crippen molar-refractivity contribution in [2.75, 3.05) is 5.32 Å². The molecule has 108 valence electrons. The van der Waals surface area contributed by atoms with Gasteiger partial charge in [-0.1, -0.05) is 0 Å². The molecule has 5 rings (SSSR count). The van der Waals surface area contributed by atoms with Gasteiger partial charge in [0.2, 0.25) is 5.91 Å². The monoisotopic (exact) mass is 273 g/mol. The molecule has 4 nitrogen and oxygen atoms in total. The highest BCUT2D eigenvalue weighted by molar-refractivity contribution is 5.90. The number of hydrogen-bond acceptors (Lipinski definition) is 2. The van der Waals surface area contributed by atoms with Crippen molar-refractivity contribution in [3.8, 4) is 0 Å². The number of nitrogens with zero attached hydrogens (tertiary/aromatic N) is 1. The highest BCUT2D eigenvalue weighted by atomic mass is 16.1. The average Bonchev–Trinajstić information content (AvgIpc) is 2.72. The van der Waals surface area contributed by atoms with Crippen molar-refractivity contribution in [3.63, 3.8) is 0 Å². The third-order valence-corrected chi connectivity index (χ3v) is 5.79. The van der Waals surface area contributed by atoms with E-state index in [2.05, 4.69) is 15.5 Å². The van der Waals surface area contributed by atoms with Gasteiger partial charge >= 0.3 is 0 Å². The smallest absolute Gasteiger partial charge is 0.226 e. The maximum absolute atomic E-state index is 12.4. The molecule has 4 bridgehead atoms. The molecule has 4 aliphatic carbocycles. The Morgan fingerprint density at radius 3 is 2.40 bits per heavy atom. The number of H-pyrrole nitrogens is 1. The van der Waals surface area contributed by atoms with Crippen molar-refractivity contribution in [2.24, 2.45) is 23.2 Å². The quantitative estimate of drug-likeness (QED) is 0.888. The summed E-state index contributed by atoms with van der Waals surface area (Å²) in [7, 11) is 0. The Balaban J connectivity index is 1.46. The van der Waals surface area contributed by atoms with Crippen LogP contribution in [0.2, 0.25) is 0 Å². The predicted octanol–water partition coefficient (Wildman–Crippen LogP) is 3.26. The first kappa shape index (κ1) is 12.4. The number of aryl methyl sites for hydroxylation is 1. The van der Waals surface area contributed by atoms with Gasteiger partial charge in [0.25, 0.3) is 0 Å². The molecule has 0 atom stereocenters.